The van der Waals surface area contributed by atoms with Gasteiger partial charge in [-0.3, -0.25) is 4.79 Å². The second-order valence-electron chi connectivity index (χ2n) is 5.07. The standard InChI is InChI=1S/C13H26O2/c1-7-9-11(8-2)13(5,6)15-12(14)10(3)4/h10-11H,7-9H2,1-6H3. The van der Waals surface area contributed by atoms with E-state index in [1.807, 2.05) is 27.7 Å². The Hall–Kier alpha value is -0.530. The summed E-state index contributed by atoms with van der Waals surface area (Å²) in [5.74, 6) is 0.336. The van der Waals surface area contributed by atoms with E-state index in [9.17, 15) is 4.79 Å². The van der Waals surface area contributed by atoms with Crippen LogP contribution in [0.25, 0.3) is 0 Å². The van der Waals surface area contributed by atoms with Crippen molar-refractivity contribution in [3.05, 3.63) is 0 Å². The number of ether oxygens (including phenoxy) is 1. The molecule has 15 heavy (non-hydrogen) atoms. The van der Waals surface area contributed by atoms with Crippen LogP contribution in [0.3, 0.4) is 0 Å². The highest BCUT2D eigenvalue weighted by Gasteiger charge is 2.31. The number of carbonyl (C=O) groups excluding carboxylic acids is 1. The van der Waals surface area contributed by atoms with Crippen molar-refractivity contribution in [1.82, 2.24) is 0 Å². The van der Waals surface area contributed by atoms with Gasteiger partial charge in [-0.2, -0.15) is 0 Å². The maximum Gasteiger partial charge on any atom is 0.308 e. The molecule has 0 aromatic rings. The van der Waals surface area contributed by atoms with Crippen LogP contribution in [0.15, 0.2) is 0 Å². The van der Waals surface area contributed by atoms with E-state index in [1.54, 1.807) is 0 Å². The lowest BCUT2D eigenvalue weighted by Gasteiger charge is -2.34. The van der Waals surface area contributed by atoms with E-state index < -0.39 is 0 Å². The summed E-state index contributed by atoms with van der Waals surface area (Å²) in [5.41, 5.74) is -0.327. The number of rotatable bonds is 6. The normalized spacial score (nSPS) is 14.1. The van der Waals surface area contributed by atoms with E-state index >= 15 is 0 Å². The van der Waals surface area contributed by atoms with Crippen LogP contribution in [0.4, 0.5) is 0 Å². The molecule has 0 fully saturated rings. The van der Waals surface area contributed by atoms with Gasteiger partial charge in [0.15, 0.2) is 0 Å². The summed E-state index contributed by atoms with van der Waals surface area (Å²) >= 11 is 0. The predicted molar refractivity (Wildman–Crippen MR) is 63.7 cm³/mol. The largest absolute Gasteiger partial charge is 0.459 e. The molecule has 0 aliphatic rings. The highest BCUT2D eigenvalue weighted by atomic mass is 16.6. The zero-order valence-corrected chi connectivity index (χ0v) is 11.1. The third-order valence-electron chi connectivity index (χ3n) is 2.95. The first kappa shape index (κ1) is 14.5. The van der Waals surface area contributed by atoms with Crippen LogP contribution in [-0.4, -0.2) is 11.6 Å². The van der Waals surface area contributed by atoms with Crippen LogP contribution in [0, 0.1) is 11.8 Å². The van der Waals surface area contributed by atoms with Crippen molar-refractivity contribution in [2.24, 2.45) is 11.8 Å². The van der Waals surface area contributed by atoms with Crippen LogP contribution in [0.5, 0.6) is 0 Å². The van der Waals surface area contributed by atoms with Gasteiger partial charge < -0.3 is 4.74 Å². The Morgan fingerprint density at radius 2 is 1.80 bits per heavy atom. The van der Waals surface area contributed by atoms with Gasteiger partial charge in [0.2, 0.25) is 0 Å². The molecule has 0 amide bonds. The molecule has 0 spiro atoms. The first-order chi connectivity index (χ1) is 6.85. The summed E-state index contributed by atoms with van der Waals surface area (Å²) in [4.78, 5) is 11.6. The summed E-state index contributed by atoms with van der Waals surface area (Å²) in [5, 5.41) is 0. The zero-order chi connectivity index (χ0) is 12.1. The van der Waals surface area contributed by atoms with Gasteiger partial charge in [-0.15, -0.1) is 0 Å². The van der Waals surface area contributed by atoms with Crippen molar-refractivity contribution in [2.75, 3.05) is 0 Å². The van der Waals surface area contributed by atoms with Crippen molar-refractivity contribution in [1.29, 1.82) is 0 Å². The van der Waals surface area contributed by atoms with Gasteiger partial charge in [0, 0.05) is 0 Å². The maximum atomic E-state index is 11.6. The lowest BCUT2D eigenvalue weighted by molar-refractivity contribution is -0.166. The fourth-order valence-electron chi connectivity index (χ4n) is 1.85. The minimum Gasteiger partial charge on any atom is -0.459 e. The Balaban J connectivity index is 4.42. The Labute approximate surface area is 94.4 Å². The van der Waals surface area contributed by atoms with Gasteiger partial charge in [-0.1, -0.05) is 34.1 Å². The predicted octanol–water partition coefficient (Wildman–Crippen LogP) is 3.79. The fourth-order valence-corrected chi connectivity index (χ4v) is 1.85. The van der Waals surface area contributed by atoms with E-state index in [4.69, 9.17) is 4.74 Å². The van der Waals surface area contributed by atoms with Crippen molar-refractivity contribution in [3.8, 4) is 0 Å². The zero-order valence-electron chi connectivity index (χ0n) is 11.1. The number of hydrogen-bond donors (Lipinski definition) is 0. The molecule has 0 heterocycles. The second-order valence-corrected chi connectivity index (χ2v) is 5.07. The lowest BCUT2D eigenvalue weighted by atomic mass is 9.85. The van der Waals surface area contributed by atoms with Crippen molar-refractivity contribution < 1.29 is 9.53 Å². The lowest BCUT2D eigenvalue weighted by Crippen LogP contribution is -2.37. The summed E-state index contributed by atoms with van der Waals surface area (Å²) in [6.45, 7) is 12.1. The van der Waals surface area contributed by atoms with Gasteiger partial charge in [-0.25, -0.2) is 0 Å². The molecule has 2 nitrogen and oxygen atoms in total. The summed E-state index contributed by atoms with van der Waals surface area (Å²) < 4.78 is 5.57. The minimum absolute atomic E-state index is 0.0385. The van der Waals surface area contributed by atoms with Crippen LogP contribution in [0.1, 0.15) is 60.8 Å². The molecule has 1 unspecified atom stereocenters. The van der Waals surface area contributed by atoms with Gasteiger partial charge in [0.25, 0.3) is 0 Å². The SMILES string of the molecule is CCCC(CC)C(C)(C)OC(=O)C(C)C. The molecule has 90 valence electrons. The van der Waals surface area contributed by atoms with Gasteiger partial charge in [0.1, 0.15) is 5.60 Å². The van der Waals surface area contributed by atoms with E-state index in [2.05, 4.69) is 13.8 Å². The van der Waals surface area contributed by atoms with E-state index in [0.29, 0.717) is 5.92 Å². The molecule has 0 bridgehead atoms. The molecule has 0 N–H and O–H groups in total. The molecule has 0 saturated carbocycles. The Bertz CT molecular complexity index is 195. The van der Waals surface area contributed by atoms with Crippen LogP contribution < -0.4 is 0 Å². The Morgan fingerprint density at radius 3 is 2.13 bits per heavy atom. The quantitative estimate of drug-likeness (QED) is 0.629. The fraction of sp³-hybridized carbons (Fsp3) is 0.923. The molecule has 0 aliphatic carbocycles. The molecule has 0 saturated heterocycles. The van der Waals surface area contributed by atoms with Crippen LogP contribution in [0.2, 0.25) is 0 Å². The van der Waals surface area contributed by atoms with Gasteiger partial charge in [-0.05, 0) is 32.6 Å². The third kappa shape index (κ3) is 4.67. The molecular weight excluding hydrogens is 188 g/mol. The molecule has 1 atom stereocenters. The van der Waals surface area contributed by atoms with E-state index in [0.717, 1.165) is 19.3 Å². The Kier molecular flexibility index (Phi) is 5.92. The van der Waals surface area contributed by atoms with Crippen LogP contribution >= 0.6 is 0 Å². The van der Waals surface area contributed by atoms with Crippen molar-refractivity contribution in [2.45, 2.75) is 66.4 Å². The molecule has 0 radical (unpaired) electrons. The summed E-state index contributed by atoms with van der Waals surface area (Å²) in [7, 11) is 0. The minimum atomic E-state index is -0.327. The second kappa shape index (κ2) is 6.14. The number of carbonyl (C=O) groups is 1. The molecule has 0 aromatic carbocycles. The van der Waals surface area contributed by atoms with Crippen LogP contribution in [-0.2, 0) is 9.53 Å². The molecule has 0 rings (SSSR count). The van der Waals surface area contributed by atoms with Crippen molar-refractivity contribution >= 4 is 5.97 Å². The molecule has 2 heteroatoms. The number of esters is 1. The van der Waals surface area contributed by atoms with E-state index in [1.165, 1.54) is 0 Å². The van der Waals surface area contributed by atoms with Gasteiger partial charge >= 0.3 is 5.97 Å². The first-order valence-corrected chi connectivity index (χ1v) is 6.08. The highest BCUT2D eigenvalue weighted by Crippen LogP contribution is 2.29. The topological polar surface area (TPSA) is 26.3 Å². The maximum absolute atomic E-state index is 11.6. The molecule has 0 aromatic heterocycles. The molecular formula is C13H26O2. The smallest absolute Gasteiger partial charge is 0.308 e. The Morgan fingerprint density at radius 1 is 1.27 bits per heavy atom. The van der Waals surface area contributed by atoms with E-state index in [-0.39, 0.29) is 17.5 Å². The average Bonchev–Trinajstić information content (AvgIpc) is 2.12. The average molecular weight is 214 g/mol. The highest BCUT2D eigenvalue weighted by molar-refractivity contribution is 5.72. The monoisotopic (exact) mass is 214 g/mol. The van der Waals surface area contributed by atoms with Crippen molar-refractivity contribution in [3.63, 3.8) is 0 Å². The van der Waals surface area contributed by atoms with Gasteiger partial charge in [0.05, 0.1) is 5.92 Å². The third-order valence-corrected chi connectivity index (χ3v) is 2.95. The first-order valence-electron chi connectivity index (χ1n) is 6.08. The number of hydrogen-bond acceptors (Lipinski definition) is 2. The summed E-state index contributed by atoms with van der Waals surface area (Å²) in [6, 6.07) is 0. The summed E-state index contributed by atoms with van der Waals surface area (Å²) in [6.07, 6.45) is 3.32. The molecule has 0 aliphatic heterocycles.